The third-order valence-corrected chi connectivity index (χ3v) is 2.36. The van der Waals surface area contributed by atoms with Gasteiger partial charge in [-0.1, -0.05) is 33.8 Å². The molecule has 0 amide bonds. The Labute approximate surface area is 99.7 Å². The van der Waals surface area contributed by atoms with Crippen molar-refractivity contribution in [3.05, 3.63) is 30.1 Å². The van der Waals surface area contributed by atoms with Crippen LogP contribution in [0.1, 0.15) is 33.4 Å². The average Bonchev–Trinajstić information content (AvgIpc) is 2.16. The van der Waals surface area contributed by atoms with E-state index in [0.717, 1.165) is 19.6 Å². The molecule has 0 radical (unpaired) electrons. The lowest BCUT2D eigenvalue weighted by molar-refractivity contribution is 0.209. The molecule has 1 aromatic heterocycles. The van der Waals surface area contributed by atoms with Crippen LogP contribution in [0.25, 0.3) is 0 Å². The number of aromatic nitrogens is 1. The third kappa shape index (κ3) is 5.26. The molecule has 0 aliphatic carbocycles. The lowest BCUT2D eigenvalue weighted by atomic mass is 10.1. The van der Waals surface area contributed by atoms with Gasteiger partial charge in [-0.25, -0.2) is 0 Å². The zero-order chi connectivity index (χ0) is 12.0. The fourth-order valence-corrected chi connectivity index (χ4v) is 1.96. The molecule has 2 heteroatoms. The summed E-state index contributed by atoms with van der Waals surface area (Å²) in [5.74, 6) is 1.42. The van der Waals surface area contributed by atoms with E-state index >= 15 is 0 Å². The molecule has 0 fully saturated rings. The van der Waals surface area contributed by atoms with Crippen LogP contribution in [0.15, 0.2) is 24.4 Å². The van der Waals surface area contributed by atoms with Crippen molar-refractivity contribution in [1.29, 1.82) is 0 Å². The molecule has 1 rings (SSSR count). The largest absolute Gasteiger partial charge is 0.297 e. The number of hydrogen-bond acceptors (Lipinski definition) is 2. The average molecular weight is 220 g/mol. The molecule has 0 saturated carbocycles. The van der Waals surface area contributed by atoms with Crippen LogP contribution >= 0.6 is 0 Å². The maximum Gasteiger partial charge on any atom is 0.0543 e. The fraction of sp³-hybridized carbons (Fsp3) is 0.643. The first-order valence-electron chi connectivity index (χ1n) is 6.20. The molecule has 1 aromatic rings. The number of pyridine rings is 1. The van der Waals surface area contributed by atoms with Crippen LogP contribution in [0.3, 0.4) is 0 Å². The van der Waals surface area contributed by atoms with E-state index in [4.69, 9.17) is 0 Å². The number of hydrogen-bond donors (Lipinski definition) is 0. The highest BCUT2D eigenvalue weighted by Crippen LogP contribution is 2.08. The summed E-state index contributed by atoms with van der Waals surface area (Å²) in [6.45, 7) is 12.3. The Bertz CT molecular complexity index is 270. The van der Waals surface area contributed by atoms with Gasteiger partial charge in [-0.05, 0) is 24.0 Å². The molecule has 0 N–H and O–H groups in total. The van der Waals surface area contributed by atoms with Crippen molar-refractivity contribution in [1.82, 2.24) is 9.88 Å². The van der Waals surface area contributed by atoms with Crippen molar-refractivity contribution in [3.8, 4) is 0 Å². The molecular formula is C14H24N2. The third-order valence-electron chi connectivity index (χ3n) is 2.36. The van der Waals surface area contributed by atoms with Gasteiger partial charge < -0.3 is 0 Å². The first-order valence-corrected chi connectivity index (χ1v) is 6.20. The Balaban J connectivity index is 2.56. The highest BCUT2D eigenvalue weighted by molar-refractivity contribution is 5.03. The minimum atomic E-state index is 0.711. The lowest BCUT2D eigenvalue weighted by Gasteiger charge is -2.25. The summed E-state index contributed by atoms with van der Waals surface area (Å²) in [6, 6.07) is 6.14. The maximum atomic E-state index is 4.39. The van der Waals surface area contributed by atoms with Crippen LogP contribution in [-0.2, 0) is 6.54 Å². The SMILES string of the molecule is CC(C)CN(Cc1ccccn1)CC(C)C. The van der Waals surface area contributed by atoms with E-state index < -0.39 is 0 Å². The Morgan fingerprint density at radius 3 is 2.12 bits per heavy atom. The number of rotatable bonds is 6. The summed E-state index contributed by atoms with van der Waals surface area (Å²) in [4.78, 5) is 6.89. The van der Waals surface area contributed by atoms with Gasteiger partial charge in [-0.3, -0.25) is 9.88 Å². The van der Waals surface area contributed by atoms with E-state index in [-0.39, 0.29) is 0 Å². The zero-order valence-electron chi connectivity index (χ0n) is 11.0. The minimum Gasteiger partial charge on any atom is -0.297 e. The van der Waals surface area contributed by atoms with Gasteiger partial charge in [0.25, 0.3) is 0 Å². The van der Waals surface area contributed by atoms with E-state index in [1.54, 1.807) is 0 Å². The minimum absolute atomic E-state index is 0.711. The van der Waals surface area contributed by atoms with Crippen molar-refractivity contribution >= 4 is 0 Å². The smallest absolute Gasteiger partial charge is 0.0543 e. The summed E-state index contributed by atoms with van der Waals surface area (Å²) in [5, 5.41) is 0. The van der Waals surface area contributed by atoms with Crippen molar-refractivity contribution in [2.45, 2.75) is 34.2 Å². The molecule has 2 nitrogen and oxygen atoms in total. The van der Waals surface area contributed by atoms with Crippen molar-refractivity contribution in [3.63, 3.8) is 0 Å². The molecule has 0 aromatic carbocycles. The van der Waals surface area contributed by atoms with Gasteiger partial charge in [0.2, 0.25) is 0 Å². The zero-order valence-corrected chi connectivity index (χ0v) is 11.0. The Hall–Kier alpha value is -0.890. The molecule has 90 valence electrons. The van der Waals surface area contributed by atoms with Crippen LogP contribution in [-0.4, -0.2) is 23.0 Å². The highest BCUT2D eigenvalue weighted by Gasteiger charge is 2.10. The van der Waals surface area contributed by atoms with Gasteiger partial charge in [-0.2, -0.15) is 0 Å². The molecule has 0 spiro atoms. The fourth-order valence-electron chi connectivity index (χ4n) is 1.96. The monoisotopic (exact) mass is 220 g/mol. The molecule has 0 unspecified atom stereocenters. The second kappa shape index (κ2) is 6.64. The first kappa shape index (κ1) is 13.2. The predicted octanol–water partition coefficient (Wildman–Crippen LogP) is 3.20. The van der Waals surface area contributed by atoms with E-state index in [1.807, 2.05) is 12.3 Å². The van der Waals surface area contributed by atoms with E-state index in [0.29, 0.717) is 11.8 Å². The molecule has 0 aliphatic rings. The summed E-state index contributed by atoms with van der Waals surface area (Å²) in [5.41, 5.74) is 1.17. The molecular weight excluding hydrogens is 196 g/mol. The molecule has 0 aliphatic heterocycles. The normalized spacial score (nSPS) is 11.7. The quantitative estimate of drug-likeness (QED) is 0.732. The highest BCUT2D eigenvalue weighted by atomic mass is 15.1. The summed E-state index contributed by atoms with van der Waals surface area (Å²) in [7, 11) is 0. The Morgan fingerprint density at radius 2 is 1.69 bits per heavy atom. The van der Waals surface area contributed by atoms with E-state index in [1.165, 1.54) is 5.69 Å². The maximum absolute atomic E-state index is 4.39. The van der Waals surface area contributed by atoms with E-state index in [9.17, 15) is 0 Å². The van der Waals surface area contributed by atoms with Gasteiger partial charge in [-0.15, -0.1) is 0 Å². The number of nitrogens with zero attached hydrogens (tertiary/aromatic N) is 2. The summed E-state index contributed by atoms with van der Waals surface area (Å²) < 4.78 is 0. The van der Waals surface area contributed by atoms with Crippen LogP contribution in [0.5, 0.6) is 0 Å². The van der Waals surface area contributed by atoms with Crippen LogP contribution in [0.4, 0.5) is 0 Å². The van der Waals surface area contributed by atoms with Gasteiger partial charge in [0.15, 0.2) is 0 Å². The second-order valence-corrected chi connectivity index (χ2v) is 5.30. The van der Waals surface area contributed by atoms with Gasteiger partial charge in [0.05, 0.1) is 5.69 Å². The molecule has 1 heterocycles. The molecule has 0 saturated heterocycles. The van der Waals surface area contributed by atoms with Crippen LogP contribution in [0.2, 0.25) is 0 Å². The standard InChI is InChI=1S/C14H24N2/c1-12(2)9-16(10-13(3)4)11-14-7-5-6-8-15-14/h5-8,12-13H,9-11H2,1-4H3. The second-order valence-electron chi connectivity index (χ2n) is 5.30. The first-order chi connectivity index (χ1) is 7.58. The van der Waals surface area contributed by atoms with Crippen LogP contribution in [0, 0.1) is 11.8 Å². The molecule has 0 atom stereocenters. The topological polar surface area (TPSA) is 16.1 Å². The van der Waals surface area contributed by atoms with Crippen molar-refractivity contribution in [2.24, 2.45) is 11.8 Å². The molecule has 16 heavy (non-hydrogen) atoms. The molecule has 0 bridgehead atoms. The van der Waals surface area contributed by atoms with Gasteiger partial charge >= 0.3 is 0 Å². The van der Waals surface area contributed by atoms with Crippen molar-refractivity contribution < 1.29 is 0 Å². The van der Waals surface area contributed by atoms with Crippen LogP contribution < -0.4 is 0 Å². The Morgan fingerprint density at radius 1 is 1.06 bits per heavy atom. The van der Waals surface area contributed by atoms with Crippen molar-refractivity contribution in [2.75, 3.05) is 13.1 Å². The van der Waals surface area contributed by atoms with Gasteiger partial charge in [0.1, 0.15) is 0 Å². The van der Waals surface area contributed by atoms with E-state index in [2.05, 4.69) is 49.7 Å². The lowest BCUT2D eigenvalue weighted by Crippen LogP contribution is -2.31. The predicted molar refractivity (Wildman–Crippen MR) is 69.2 cm³/mol. The summed E-state index contributed by atoms with van der Waals surface area (Å²) in [6.07, 6.45) is 1.87. The summed E-state index contributed by atoms with van der Waals surface area (Å²) >= 11 is 0. The van der Waals surface area contributed by atoms with Gasteiger partial charge in [0, 0.05) is 25.8 Å². The Kier molecular flexibility index (Phi) is 5.47.